The fourth-order valence-corrected chi connectivity index (χ4v) is 3.22. The van der Waals surface area contributed by atoms with Gasteiger partial charge >= 0.3 is 11.9 Å². The van der Waals surface area contributed by atoms with E-state index in [4.69, 9.17) is 14.2 Å². The molecule has 1 aliphatic carbocycles. The Kier molecular flexibility index (Phi) is 3.02. The van der Waals surface area contributed by atoms with Gasteiger partial charge in [-0.25, -0.2) is 9.59 Å². The van der Waals surface area contributed by atoms with Crippen molar-refractivity contribution in [3.63, 3.8) is 0 Å². The van der Waals surface area contributed by atoms with E-state index in [1.165, 1.54) is 12.3 Å². The van der Waals surface area contributed by atoms with Crippen LogP contribution in [0.2, 0.25) is 0 Å². The number of carbonyl (C=O) groups is 2. The molecule has 2 heterocycles. The van der Waals surface area contributed by atoms with Crippen molar-refractivity contribution in [3.05, 3.63) is 58.9 Å². The van der Waals surface area contributed by atoms with E-state index >= 15 is 0 Å². The average molecular weight is 314 g/mol. The van der Waals surface area contributed by atoms with Crippen LogP contribution in [0, 0.1) is 5.92 Å². The van der Waals surface area contributed by atoms with E-state index in [0.717, 1.165) is 11.1 Å². The second-order valence-electron chi connectivity index (χ2n) is 5.76. The molecule has 1 aromatic carbocycles. The third-order valence-electron chi connectivity index (χ3n) is 4.38. The summed E-state index contributed by atoms with van der Waals surface area (Å²) in [5, 5.41) is 10.5. The number of aliphatic hydroxyl groups excluding tert-OH is 1. The van der Waals surface area contributed by atoms with Gasteiger partial charge in [-0.15, -0.1) is 0 Å². The van der Waals surface area contributed by atoms with Crippen LogP contribution < -0.4 is 0 Å². The highest BCUT2D eigenvalue weighted by Gasteiger charge is 2.51. The predicted octanol–water partition coefficient (Wildman–Crippen LogP) is 1.68. The lowest BCUT2D eigenvalue weighted by atomic mass is 9.95. The highest BCUT2D eigenvalue weighted by atomic mass is 16.7. The number of carbonyl (C=O) groups excluding carboxylic acids is 2. The number of hydrogen-bond donors (Lipinski definition) is 1. The van der Waals surface area contributed by atoms with E-state index < -0.39 is 36.4 Å². The Morgan fingerprint density at radius 3 is 2.57 bits per heavy atom. The summed E-state index contributed by atoms with van der Waals surface area (Å²) >= 11 is 0. The first-order valence-corrected chi connectivity index (χ1v) is 7.29. The molecule has 0 aromatic heterocycles. The SMILES string of the molecule is CC1=C[C@@H](O/C=C2\C(=O)O[C@@H]3c4ccccc4[C@@H](O)[C@H]23)OC1=O. The first-order chi connectivity index (χ1) is 11.1. The minimum atomic E-state index is -0.859. The van der Waals surface area contributed by atoms with Gasteiger partial charge in [0.15, 0.2) is 0 Å². The molecule has 0 unspecified atom stereocenters. The van der Waals surface area contributed by atoms with Crippen LogP contribution in [-0.4, -0.2) is 23.3 Å². The second-order valence-corrected chi connectivity index (χ2v) is 5.76. The largest absolute Gasteiger partial charge is 0.458 e. The lowest BCUT2D eigenvalue weighted by molar-refractivity contribution is -0.152. The van der Waals surface area contributed by atoms with Crippen LogP contribution in [0.15, 0.2) is 47.7 Å². The van der Waals surface area contributed by atoms with E-state index in [0.29, 0.717) is 5.57 Å². The lowest BCUT2D eigenvalue weighted by Crippen LogP contribution is -2.14. The number of esters is 2. The van der Waals surface area contributed by atoms with Gasteiger partial charge in [0.25, 0.3) is 6.29 Å². The monoisotopic (exact) mass is 314 g/mol. The van der Waals surface area contributed by atoms with Crippen molar-refractivity contribution in [1.82, 2.24) is 0 Å². The summed E-state index contributed by atoms with van der Waals surface area (Å²) in [6, 6.07) is 7.32. The summed E-state index contributed by atoms with van der Waals surface area (Å²) in [6.07, 6.45) is 0.558. The Bertz CT molecular complexity index is 762. The molecule has 0 saturated carbocycles. The van der Waals surface area contributed by atoms with Crippen LogP contribution in [0.1, 0.15) is 30.3 Å². The molecule has 4 rings (SSSR count). The Morgan fingerprint density at radius 2 is 1.87 bits per heavy atom. The van der Waals surface area contributed by atoms with E-state index in [9.17, 15) is 14.7 Å². The van der Waals surface area contributed by atoms with E-state index in [1.54, 1.807) is 6.92 Å². The van der Waals surface area contributed by atoms with Gasteiger partial charge in [0.2, 0.25) is 0 Å². The van der Waals surface area contributed by atoms with Gasteiger partial charge in [0, 0.05) is 11.6 Å². The summed E-state index contributed by atoms with van der Waals surface area (Å²) in [5.74, 6) is -1.49. The Labute approximate surface area is 132 Å². The van der Waals surface area contributed by atoms with Gasteiger partial charge in [-0.05, 0) is 18.1 Å². The van der Waals surface area contributed by atoms with E-state index in [1.807, 2.05) is 24.3 Å². The van der Waals surface area contributed by atoms with Gasteiger partial charge in [0.1, 0.15) is 6.10 Å². The average Bonchev–Trinajstić information content (AvgIpc) is 3.12. The Hall–Kier alpha value is -2.60. The third kappa shape index (κ3) is 2.06. The zero-order valence-electron chi connectivity index (χ0n) is 12.3. The topological polar surface area (TPSA) is 82.1 Å². The fraction of sp³-hybridized carbons (Fsp3) is 0.294. The van der Waals surface area contributed by atoms with Crippen molar-refractivity contribution in [2.75, 3.05) is 0 Å². The quantitative estimate of drug-likeness (QED) is 0.508. The number of rotatable bonds is 2. The van der Waals surface area contributed by atoms with E-state index in [2.05, 4.69) is 0 Å². The van der Waals surface area contributed by atoms with Crippen LogP contribution >= 0.6 is 0 Å². The molecule has 1 aromatic rings. The molecule has 3 aliphatic rings. The Balaban J connectivity index is 1.60. The van der Waals surface area contributed by atoms with Crippen molar-refractivity contribution in [1.29, 1.82) is 0 Å². The minimum absolute atomic E-state index is 0.243. The highest BCUT2D eigenvalue weighted by molar-refractivity contribution is 5.92. The van der Waals surface area contributed by atoms with Crippen molar-refractivity contribution >= 4 is 11.9 Å². The van der Waals surface area contributed by atoms with Gasteiger partial charge in [0.05, 0.1) is 23.9 Å². The van der Waals surface area contributed by atoms with Crippen LogP contribution in [0.4, 0.5) is 0 Å². The molecule has 4 atom stereocenters. The summed E-state index contributed by atoms with van der Waals surface area (Å²) < 4.78 is 15.7. The summed E-state index contributed by atoms with van der Waals surface area (Å²) in [6.45, 7) is 1.62. The predicted molar refractivity (Wildman–Crippen MR) is 76.5 cm³/mol. The van der Waals surface area contributed by atoms with Crippen LogP contribution in [0.3, 0.4) is 0 Å². The third-order valence-corrected chi connectivity index (χ3v) is 4.38. The van der Waals surface area contributed by atoms with Crippen molar-refractivity contribution < 1.29 is 28.9 Å². The van der Waals surface area contributed by atoms with E-state index in [-0.39, 0.29) is 5.57 Å². The molecule has 2 aliphatic heterocycles. The molecule has 1 fully saturated rings. The van der Waals surface area contributed by atoms with Gasteiger partial charge in [-0.2, -0.15) is 0 Å². The zero-order valence-corrected chi connectivity index (χ0v) is 12.3. The molecule has 0 spiro atoms. The van der Waals surface area contributed by atoms with Crippen LogP contribution in [0.5, 0.6) is 0 Å². The summed E-state index contributed by atoms with van der Waals surface area (Å²) in [7, 11) is 0. The summed E-state index contributed by atoms with van der Waals surface area (Å²) in [5.41, 5.74) is 2.26. The van der Waals surface area contributed by atoms with Crippen LogP contribution in [0.25, 0.3) is 0 Å². The lowest BCUT2D eigenvalue weighted by Gasteiger charge is -2.13. The molecule has 0 amide bonds. The molecular weight excluding hydrogens is 300 g/mol. The van der Waals surface area contributed by atoms with Crippen molar-refractivity contribution in [3.8, 4) is 0 Å². The molecule has 1 saturated heterocycles. The van der Waals surface area contributed by atoms with Crippen molar-refractivity contribution in [2.24, 2.45) is 5.92 Å². The first-order valence-electron chi connectivity index (χ1n) is 7.29. The summed E-state index contributed by atoms with van der Waals surface area (Å²) in [4.78, 5) is 23.4. The number of hydrogen-bond acceptors (Lipinski definition) is 6. The molecule has 1 N–H and O–H groups in total. The number of aliphatic hydroxyl groups is 1. The number of ether oxygens (including phenoxy) is 3. The van der Waals surface area contributed by atoms with Crippen LogP contribution in [-0.2, 0) is 23.8 Å². The molecule has 6 heteroatoms. The highest BCUT2D eigenvalue weighted by Crippen LogP contribution is 2.53. The van der Waals surface area contributed by atoms with Crippen molar-refractivity contribution in [2.45, 2.75) is 25.4 Å². The van der Waals surface area contributed by atoms with Gasteiger partial charge in [-0.3, -0.25) is 0 Å². The second kappa shape index (κ2) is 4.96. The van der Waals surface area contributed by atoms with Gasteiger partial charge < -0.3 is 19.3 Å². The zero-order chi connectivity index (χ0) is 16.1. The maximum atomic E-state index is 12.1. The standard InChI is InChI=1S/C17H14O6/c1-8-6-12(22-16(8)19)21-7-11-13-14(18)9-4-2-3-5-10(9)15(13)23-17(11)20/h2-7,12-15,18H,1H3/b11-7-/t12-,13-,14+,15+/m0/s1. The first kappa shape index (κ1) is 14.0. The maximum Gasteiger partial charge on any atom is 0.338 e. The molecule has 0 bridgehead atoms. The molecule has 118 valence electrons. The number of cyclic esters (lactones) is 1. The molecule has 23 heavy (non-hydrogen) atoms. The Morgan fingerprint density at radius 1 is 1.13 bits per heavy atom. The maximum absolute atomic E-state index is 12.1. The minimum Gasteiger partial charge on any atom is -0.458 e. The fourth-order valence-electron chi connectivity index (χ4n) is 3.22. The number of fused-ring (bicyclic) bond motifs is 3. The smallest absolute Gasteiger partial charge is 0.338 e. The number of benzene rings is 1. The normalized spacial score (nSPS) is 33.1. The van der Waals surface area contributed by atoms with Gasteiger partial charge in [-0.1, -0.05) is 24.3 Å². The molecular formula is C17H14O6. The molecule has 6 nitrogen and oxygen atoms in total. The molecule has 0 radical (unpaired) electrons.